The third-order valence-corrected chi connectivity index (χ3v) is 9.70. The van der Waals surface area contributed by atoms with Gasteiger partial charge >= 0.3 is 11.9 Å². The van der Waals surface area contributed by atoms with E-state index in [4.69, 9.17) is 22.9 Å². The number of hydrogen-bond donors (Lipinski definition) is 14. The van der Waals surface area contributed by atoms with Crippen molar-refractivity contribution in [3.05, 3.63) is 0 Å². The number of rotatable bonds is 30. The maximum atomic E-state index is 13.5. The molecule has 0 unspecified atom stereocenters. The summed E-state index contributed by atoms with van der Waals surface area (Å²) in [7, 11) is 0. The Morgan fingerprint density at radius 3 is 1.83 bits per heavy atom. The van der Waals surface area contributed by atoms with E-state index in [1.54, 1.807) is 13.8 Å². The third kappa shape index (κ3) is 22.5. The fourth-order valence-electron chi connectivity index (χ4n) is 6.18. The summed E-state index contributed by atoms with van der Waals surface area (Å²) in [5.74, 6) is -10.0. The minimum Gasteiger partial charge on any atom is -0.481 e. The monoisotopic (exact) mass is 926 g/mol. The van der Waals surface area contributed by atoms with Crippen molar-refractivity contribution >= 4 is 71.1 Å². The maximum Gasteiger partial charge on any atom is 0.326 e. The van der Waals surface area contributed by atoms with Crippen LogP contribution in [0.5, 0.6) is 0 Å². The minimum atomic E-state index is -1.50. The van der Waals surface area contributed by atoms with Crippen molar-refractivity contribution in [2.75, 3.05) is 45.8 Å². The molecule has 0 radical (unpaired) electrons. The highest BCUT2D eigenvalue weighted by molar-refractivity contribution is 5.96. The number of nitrogens with one attached hydrogen (secondary N) is 8. The molecule has 0 aliphatic carbocycles. The second-order valence-corrected chi connectivity index (χ2v) is 15.5. The fourth-order valence-corrected chi connectivity index (χ4v) is 6.18. The van der Waals surface area contributed by atoms with Crippen LogP contribution < -0.4 is 65.5 Å². The Bertz CT molecular complexity index is 1720. The number of guanidine groups is 1. The third-order valence-electron chi connectivity index (χ3n) is 9.70. The molecule has 65 heavy (non-hydrogen) atoms. The van der Waals surface area contributed by atoms with Crippen molar-refractivity contribution in [3.63, 3.8) is 0 Å². The summed E-state index contributed by atoms with van der Waals surface area (Å²) in [5.41, 5.74) is 21.6. The molecule has 0 aromatic heterocycles. The normalized spacial score (nSPS) is 15.4. The van der Waals surface area contributed by atoms with E-state index in [1.807, 2.05) is 0 Å². The quantitative estimate of drug-likeness (QED) is 0.0181. The van der Waals surface area contributed by atoms with Crippen LogP contribution in [0.1, 0.15) is 78.6 Å². The van der Waals surface area contributed by atoms with Gasteiger partial charge in [-0.1, -0.05) is 13.8 Å². The van der Waals surface area contributed by atoms with Crippen molar-refractivity contribution in [3.8, 4) is 0 Å². The number of aliphatic imine (C=N–C) groups is 1. The van der Waals surface area contributed by atoms with Gasteiger partial charge in [0.2, 0.25) is 53.2 Å². The molecule has 366 valence electrons. The number of aliphatic carboxylic acids is 2. The summed E-state index contributed by atoms with van der Waals surface area (Å²) in [6.45, 7) is 2.98. The van der Waals surface area contributed by atoms with E-state index in [-0.39, 0.29) is 51.3 Å². The Kier molecular flexibility index (Phi) is 25.7. The van der Waals surface area contributed by atoms with Gasteiger partial charge in [0.15, 0.2) is 5.96 Å². The van der Waals surface area contributed by atoms with Gasteiger partial charge in [0.25, 0.3) is 0 Å². The van der Waals surface area contributed by atoms with Crippen LogP contribution in [0.2, 0.25) is 0 Å². The van der Waals surface area contributed by atoms with Gasteiger partial charge in [-0.15, -0.1) is 0 Å². The average Bonchev–Trinajstić information content (AvgIpc) is 3.74. The first-order valence-corrected chi connectivity index (χ1v) is 21.1. The smallest absolute Gasteiger partial charge is 0.326 e. The van der Waals surface area contributed by atoms with Gasteiger partial charge in [0.05, 0.1) is 32.2 Å². The molecule has 0 spiro atoms. The molecule has 1 aliphatic rings. The summed E-state index contributed by atoms with van der Waals surface area (Å²) in [5, 5.41) is 37.9. The van der Waals surface area contributed by atoms with Crippen molar-refractivity contribution in [2.45, 2.75) is 115 Å². The standard InChI is InChI=1S/C38H66N14O13/c1-20(2)31(51-28(55)18-45-32(59)21(3)40)36(63)47-16-26(53)44-19-29(56)52-15-7-10-25(52)35(62)49-22(8-4-5-13-39)33(60)46-17-27(54)48-23(11-12-30(57)58)34(61)50-24(37(64)65)9-6-14-43-38(41)42/h20-25,31H,4-19,39-40H2,1-3H3,(H,44,53)(H,45,59)(H,46,60)(H,47,63)(H,48,54)(H,49,62)(H,50,61)(H,51,55)(H,57,58)(H,64,65)(H4,41,42,43)/t21-,22-,23-,24-,25-,31-/m0/s1. The molecular weight excluding hydrogens is 861 g/mol. The highest BCUT2D eigenvalue weighted by atomic mass is 16.4. The Morgan fingerprint density at radius 2 is 1.25 bits per heavy atom. The van der Waals surface area contributed by atoms with Crippen LogP contribution >= 0.6 is 0 Å². The van der Waals surface area contributed by atoms with E-state index in [0.717, 1.165) is 0 Å². The summed E-state index contributed by atoms with van der Waals surface area (Å²) < 4.78 is 0. The van der Waals surface area contributed by atoms with Crippen LogP contribution in [0.25, 0.3) is 0 Å². The van der Waals surface area contributed by atoms with Crippen LogP contribution in [0.15, 0.2) is 4.99 Å². The number of carboxylic acid groups (broad SMARTS) is 2. The zero-order chi connectivity index (χ0) is 49.2. The Labute approximate surface area is 375 Å². The van der Waals surface area contributed by atoms with Crippen LogP contribution in [-0.2, 0) is 52.7 Å². The topological polar surface area (TPSA) is 444 Å². The van der Waals surface area contributed by atoms with Crippen LogP contribution in [0.4, 0.5) is 0 Å². The number of carbonyl (C=O) groups excluding carboxylic acids is 9. The second kappa shape index (κ2) is 29.7. The van der Waals surface area contributed by atoms with Gasteiger partial charge in [-0.05, 0) is 70.8 Å². The molecule has 0 aromatic rings. The van der Waals surface area contributed by atoms with E-state index in [1.165, 1.54) is 11.8 Å². The maximum absolute atomic E-state index is 13.5. The van der Waals surface area contributed by atoms with E-state index >= 15 is 0 Å². The first-order valence-electron chi connectivity index (χ1n) is 21.1. The number of amides is 9. The molecule has 1 saturated heterocycles. The molecule has 9 amide bonds. The molecule has 18 N–H and O–H groups in total. The molecule has 27 nitrogen and oxygen atoms in total. The number of nitrogens with two attached hydrogens (primary N) is 4. The zero-order valence-electron chi connectivity index (χ0n) is 36.9. The second-order valence-electron chi connectivity index (χ2n) is 15.5. The van der Waals surface area contributed by atoms with E-state index in [2.05, 4.69) is 47.5 Å². The molecule has 27 heteroatoms. The minimum absolute atomic E-state index is 0.0720. The molecule has 1 fully saturated rings. The molecule has 1 rings (SSSR count). The Hall–Kier alpha value is -6.64. The van der Waals surface area contributed by atoms with Gasteiger partial charge in [0.1, 0.15) is 30.2 Å². The first-order chi connectivity index (χ1) is 30.6. The summed E-state index contributed by atoms with van der Waals surface area (Å²) in [4.78, 5) is 143. The highest BCUT2D eigenvalue weighted by Gasteiger charge is 2.36. The number of nitrogens with zero attached hydrogens (tertiary/aromatic N) is 2. The molecule has 1 aliphatic heterocycles. The number of unbranched alkanes of at least 4 members (excludes halogenated alkanes) is 1. The van der Waals surface area contributed by atoms with Crippen LogP contribution in [0.3, 0.4) is 0 Å². The summed E-state index contributed by atoms with van der Waals surface area (Å²) in [6, 6.07) is -7.08. The molecule has 0 saturated carbocycles. The fraction of sp³-hybridized carbons (Fsp3) is 0.684. The van der Waals surface area contributed by atoms with Crippen molar-refractivity contribution in [1.29, 1.82) is 0 Å². The van der Waals surface area contributed by atoms with Crippen molar-refractivity contribution in [1.82, 2.24) is 47.4 Å². The molecule has 0 aromatic carbocycles. The van der Waals surface area contributed by atoms with Crippen molar-refractivity contribution in [2.24, 2.45) is 33.8 Å². The zero-order valence-corrected chi connectivity index (χ0v) is 36.9. The van der Waals surface area contributed by atoms with Gasteiger partial charge in [-0.3, -0.25) is 52.9 Å². The summed E-state index contributed by atoms with van der Waals surface area (Å²) >= 11 is 0. The van der Waals surface area contributed by atoms with E-state index < -0.39 is 146 Å². The molecule has 6 atom stereocenters. The van der Waals surface area contributed by atoms with E-state index in [9.17, 15) is 63.0 Å². The molecule has 0 bridgehead atoms. The van der Waals surface area contributed by atoms with Gasteiger partial charge in [-0.25, -0.2) is 4.79 Å². The predicted molar refractivity (Wildman–Crippen MR) is 230 cm³/mol. The summed E-state index contributed by atoms with van der Waals surface area (Å²) in [6.07, 6.45) is 0.633. The van der Waals surface area contributed by atoms with Crippen LogP contribution in [-0.4, -0.2) is 168 Å². The predicted octanol–water partition coefficient (Wildman–Crippen LogP) is -6.48. The lowest BCUT2D eigenvalue weighted by Crippen LogP contribution is -2.56. The largest absolute Gasteiger partial charge is 0.481 e. The number of carboxylic acids is 2. The highest BCUT2D eigenvalue weighted by Crippen LogP contribution is 2.18. The van der Waals surface area contributed by atoms with Gasteiger partial charge < -0.3 is 80.6 Å². The molecular formula is C38H66N14O13. The first kappa shape index (κ1) is 56.4. The number of likely N-dealkylation sites (tertiary alicyclic amines) is 1. The van der Waals surface area contributed by atoms with Gasteiger partial charge in [0, 0.05) is 19.5 Å². The van der Waals surface area contributed by atoms with Crippen molar-refractivity contribution < 1.29 is 63.0 Å². The molecule has 1 heterocycles. The SMILES string of the molecule is CC(C)[C@H](NC(=O)CNC(=O)[C@H](C)N)C(=O)NCC(=O)NCC(=O)N1CCC[C@H]1C(=O)N[C@@H](CCCCN)C(=O)NCC(=O)N[C@@H](CCC(=O)O)C(=O)N[C@@H](CCCN=C(N)N)C(=O)O. The van der Waals surface area contributed by atoms with E-state index in [0.29, 0.717) is 19.3 Å². The number of hydrogen-bond acceptors (Lipinski definition) is 14. The van der Waals surface area contributed by atoms with Crippen LogP contribution in [0, 0.1) is 5.92 Å². The lowest BCUT2D eigenvalue weighted by molar-refractivity contribution is -0.143. The van der Waals surface area contributed by atoms with Gasteiger partial charge in [-0.2, -0.15) is 0 Å². The number of carbonyl (C=O) groups is 11. The Balaban J connectivity index is 2.86. The average molecular weight is 927 g/mol. The Morgan fingerprint density at radius 1 is 0.662 bits per heavy atom. The lowest BCUT2D eigenvalue weighted by atomic mass is 10.0. The lowest BCUT2D eigenvalue weighted by Gasteiger charge is -2.26.